The number of benzene rings is 2. The topological polar surface area (TPSA) is 71.1 Å². The van der Waals surface area contributed by atoms with Gasteiger partial charge in [0.2, 0.25) is 11.8 Å². The molecule has 1 heterocycles. The second kappa shape index (κ2) is 9.43. The summed E-state index contributed by atoms with van der Waals surface area (Å²) in [6, 6.07) is 16.5. The van der Waals surface area contributed by atoms with Crippen LogP contribution >= 0.6 is 11.3 Å². The molecule has 2 N–H and O–H groups in total. The SMILES string of the molecule is CC(=O)NC(C)CCc1ccc(-c2csc(-c3ccc(NC(=O)C4CC4)cc3)n2)cc1. The van der Waals surface area contributed by atoms with Gasteiger partial charge in [0.15, 0.2) is 0 Å². The zero-order chi connectivity index (χ0) is 21.8. The van der Waals surface area contributed by atoms with Gasteiger partial charge in [-0.25, -0.2) is 4.98 Å². The Hall–Kier alpha value is -2.99. The number of hydrogen-bond acceptors (Lipinski definition) is 4. The molecule has 4 rings (SSSR count). The van der Waals surface area contributed by atoms with E-state index in [4.69, 9.17) is 4.98 Å². The minimum Gasteiger partial charge on any atom is -0.354 e. The molecule has 31 heavy (non-hydrogen) atoms. The van der Waals surface area contributed by atoms with E-state index in [2.05, 4.69) is 40.3 Å². The lowest BCUT2D eigenvalue weighted by Gasteiger charge is -2.12. The molecule has 0 saturated heterocycles. The summed E-state index contributed by atoms with van der Waals surface area (Å²) in [5, 5.41) is 8.93. The maximum Gasteiger partial charge on any atom is 0.227 e. The highest BCUT2D eigenvalue weighted by Crippen LogP contribution is 2.32. The molecule has 5 nitrogen and oxygen atoms in total. The first kappa shape index (κ1) is 21.2. The number of aryl methyl sites for hydroxylation is 1. The van der Waals surface area contributed by atoms with E-state index in [1.165, 1.54) is 5.56 Å². The van der Waals surface area contributed by atoms with Crippen LogP contribution in [0.15, 0.2) is 53.9 Å². The van der Waals surface area contributed by atoms with Crippen molar-refractivity contribution < 1.29 is 9.59 Å². The van der Waals surface area contributed by atoms with Crippen LogP contribution in [-0.4, -0.2) is 22.8 Å². The second-order valence-corrected chi connectivity index (χ2v) is 9.07. The molecule has 2 amide bonds. The monoisotopic (exact) mass is 433 g/mol. The number of aromatic nitrogens is 1. The third-order valence-corrected chi connectivity index (χ3v) is 6.31. The largest absolute Gasteiger partial charge is 0.354 e. The zero-order valence-electron chi connectivity index (χ0n) is 17.9. The number of rotatable bonds is 8. The molecular weight excluding hydrogens is 406 g/mol. The Morgan fingerprint density at radius 2 is 1.74 bits per heavy atom. The minimum absolute atomic E-state index is 0.0137. The summed E-state index contributed by atoms with van der Waals surface area (Å²) < 4.78 is 0. The Labute approximate surface area is 186 Å². The minimum atomic E-state index is 0.0137. The number of nitrogens with zero attached hydrogens (tertiary/aromatic N) is 1. The van der Waals surface area contributed by atoms with Gasteiger partial charge in [0.05, 0.1) is 5.69 Å². The first-order valence-electron chi connectivity index (χ1n) is 10.7. The van der Waals surface area contributed by atoms with Crippen LogP contribution in [0.3, 0.4) is 0 Å². The number of hydrogen-bond donors (Lipinski definition) is 2. The summed E-state index contributed by atoms with van der Waals surface area (Å²) >= 11 is 1.62. The van der Waals surface area contributed by atoms with Crippen LogP contribution in [0, 0.1) is 5.92 Å². The molecule has 0 spiro atoms. The molecule has 2 aromatic carbocycles. The highest BCUT2D eigenvalue weighted by molar-refractivity contribution is 7.13. The van der Waals surface area contributed by atoms with Crippen molar-refractivity contribution in [3.8, 4) is 21.8 Å². The van der Waals surface area contributed by atoms with Crippen molar-refractivity contribution in [3.63, 3.8) is 0 Å². The Balaban J connectivity index is 1.36. The van der Waals surface area contributed by atoms with E-state index in [1.807, 2.05) is 31.2 Å². The van der Waals surface area contributed by atoms with E-state index < -0.39 is 0 Å². The highest BCUT2D eigenvalue weighted by atomic mass is 32.1. The van der Waals surface area contributed by atoms with Gasteiger partial charge < -0.3 is 10.6 Å². The predicted molar refractivity (Wildman–Crippen MR) is 126 cm³/mol. The molecule has 1 atom stereocenters. The molecule has 3 aromatic rings. The molecule has 1 aromatic heterocycles. The van der Waals surface area contributed by atoms with Gasteiger partial charge in [0.25, 0.3) is 0 Å². The van der Waals surface area contributed by atoms with Crippen LogP contribution in [0.2, 0.25) is 0 Å². The number of amides is 2. The van der Waals surface area contributed by atoms with Crippen molar-refractivity contribution in [2.45, 2.75) is 45.6 Å². The summed E-state index contributed by atoms with van der Waals surface area (Å²) in [6.07, 6.45) is 3.84. The summed E-state index contributed by atoms with van der Waals surface area (Å²) in [5.74, 6) is 0.338. The average Bonchev–Trinajstić information content (AvgIpc) is 3.50. The summed E-state index contributed by atoms with van der Waals surface area (Å²) in [7, 11) is 0. The molecule has 1 aliphatic carbocycles. The summed E-state index contributed by atoms with van der Waals surface area (Å²) in [6.45, 7) is 3.58. The van der Waals surface area contributed by atoms with Crippen molar-refractivity contribution in [3.05, 3.63) is 59.5 Å². The van der Waals surface area contributed by atoms with Crippen molar-refractivity contribution in [1.82, 2.24) is 10.3 Å². The molecule has 1 aliphatic rings. The Kier molecular flexibility index (Phi) is 6.47. The van der Waals surface area contributed by atoms with Crippen LogP contribution in [0.1, 0.15) is 38.7 Å². The third kappa shape index (κ3) is 5.79. The Morgan fingerprint density at radius 3 is 2.39 bits per heavy atom. The van der Waals surface area contributed by atoms with Crippen LogP contribution in [0.4, 0.5) is 5.69 Å². The van der Waals surface area contributed by atoms with E-state index in [1.54, 1.807) is 18.3 Å². The molecule has 0 aliphatic heterocycles. The Morgan fingerprint density at radius 1 is 1.06 bits per heavy atom. The second-order valence-electron chi connectivity index (χ2n) is 8.22. The predicted octanol–water partition coefficient (Wildman–Crippen LogP) is 5.28. The molecule has 0 bridgehead atoms. The van der Waals surface area contributed by atoms with Gasteiger partial charge in [-0.05, 0) is 62.4 Å². The third-order valence-electron chi connectivity index (χ3n) is 5.42. The first-order valence-corrected chi connectivity index (χ1v) is 11.6. The standard InChI is InChI=1S/C25H27N3O2S/c1-16(26-17(2)29)3-4-18-5-7-19(8-6-18)23-15-31-25(28-23)21-11-13-22(14-12-21)27-24(30)20-9-10-20/h5-8,11-16,20H,3-4,9-10H2,1-2H3,(H,26,29)(H,27,30). The van der Waals surface area contributed by atoms with Crippen molar-refractivity contribution in [2.24, 2.45) is 5.92 Å². The summed E-state index contributed by atoms with van der Waals surface area (Å²) in [4.78, 5) is 27.8. The van der Waals surface area contributed by atoms with Gasteiger partial charge in [-0.2, -0.15) is 0 Å². The maximum absolute atomic E-state index is 11.9. The van der Waals surface area contributed by atoms with Crippen LogP contribution in [0.25, 0.3) is 21.8 Å². The van der Waals surface area contributed by atoms with Gasteiger partial charge in [-0.3, -0.25) is 9.59 Å². The quantitative estimate of drug-likeness (QED) is 0.507. The fourth-order valence-corrected chi connectivity index (χ4v) is 4.30. The first-order chi connectivity index (χ1) is 15.0. The van der Waals surface area contributed by atoms with Crippen molar-refractivity contribution >= 4 is 28.8 Å². The zero-order valence-corrected chi connectivity index (χ0v) is 18.7. The maximum atomic E-state index is 11.9. The fraction of sp³-hybridized carbons (Fsp3) is 0.320. The fourth-order valence-electron chi connectivity index (χ4n) is 3.47. The normalized spacial score (nSPS) is 14.1. The van der Waals surface area contributed by atoms with Crippen molar-refractivity contribution in [2.75, 3.05) is 5.32 Å². The number of thiazole rings is 1. The lowest BCUT2D eigenvalue weighted by molar-refractivity contribution is -0.119. The lowest BCUT2D eigenvalue weighted by Crippen LogP contribution is -2.30. The number of carbonyl (C=O) groups excluding carboxylic acids is 2. The van der Waals surface area contributed by atoms with Gasteiger partial charge in [-0.15, -0.1) is 11.3 Å². The molecule has 1 saturated carbocycles. The van der Waals surface area contributed by atoms with Gasteiger partial charge in [0, 0.05) is 41.1 Å². The summed E-state index contributed by atoms with van der Waals surface area (Å²) in [5.41, 5.74) is 5.18. The molecule has 1 unspecified atom stereocenters. The average molecular weight is 434 g/mol. The highest BCUT2D eigenvalue weighted by Gasteiger charge is 2.29. The van der Waals surface area contributed by atoms with E-state index in [0.717, 1.165) is 53.2 Å². The van der Waals surface area contributed by atoms with E-state index >= 15 is 0 Å². The van der Waals surface area contributed by atoms with Gasteiger partial charge >= 0.3 is 0 Å². The molecule has 6 heteroatoms. The van der Waals surface area contributed by atoms with Crippen molar-refractivity contribution in [1.29, 1.82) is 0 Å². The molecule has 160 valence electrons. The van der Waals surface area contributed by atoms with E-state index in [-0.39, 0.29) is 23.8 Å². The molecular formula is C25H27N3O2S. The molecule has 1 fully saturated rings. The van der Waals surface area contributed by atoms with Gasteiger partial charge in [0.1, 0.15) is 5.01 Å². The number of carbonyl (C=O) groups is 2. The van der Waals surface area contributed by atoms with E-state index in [0.29, 0.717) is 0 Å². The number of nitrogens with one attached hydrogen (secondary N) is 2. The smallest absolute Gasteiger partial charge is 0.227 e. The number of anilines is 1. The van der Waals surface area contributed by atoms with Crippen LogP contribution < -0.4 is 10.6 Å². The van der Waals surface area contributed by atoms with Crippen LogP contribution in [-0.2, 0) is 16.0 Å². The lowest BCUT2D eigenvalue weighted by atomic mass is 10.0. The molecule has 0 radical (unpaired) electrons. The van der Waals surface area contributed by atoms with E-state index in [9.17, 15) is 9.59 Å². The van der Waals surface area contributed by atoms with Crippen LogP contribution in [0.5, 0.6) is 0 Å². The van der Waals surface area contributed by atoms with Gasteiger partial charge in [-0.1, -0.05) is 24.3 Å². The Bertz CT molecular complexity index is 1050.